The molecule has 2 unspecified atom stereocenters. The van der Waals surface area contributed by atoms with Crippen LogP contribution in [0.1, 0.15) is 30.1 Å². The second-order valence-corrected chi connectivity index (χ2v) is 8.14. The summed E-state index contributed by atoms with van der Waals surface area (Å²) >= 11 is 7.77. The van der Waals surface area contributed by atoms with Crippen molar-refractivity contribution in [3.63, 3.8) is 0 Å². The predicted octanol–water partition coefficient (Wildman–Crippen LogP) is 5.07. The third kappa shape index (κ3) is 4.41. The SMILES string of the molecule is CC1(CSc2ccccc2)CC(C(=O)c2ccc(Cl)cc2)CCN1. The summed E-state index contributed by atoms with van der Waals surface area (Å²) in [5.41, 5.74) is 0.746. The van der Waals surface area contributed by atoms with Gasteiger partial charge < -0.3 is 5.32 Å². The molecule has 24 heavy (non-hydrogen) atoms. The number of benzene rings is 2. The highest BCUT2D eigenvalue weighted by Crippen LogP contribution is 2.32. The van der Waals surface area contributed by atoms with Crippen LogP contribution >= 0.6 is 23.4 Å². The molecule has 0 radical (unpaired) electrons. The Labute approximate surface area is 153 Å². The monoisotopic (exact) mass is 359 g/mol. The third-order valence-corrected chi connectivity index (χ3v) is 6.18. The van der Waals surface area contributed by atoms with Crippen LogP contribution in [0.5, 0.6) is 0 Å². The quantitative estimate of drug-likeness (QED) is 0.596. The first-order chi connectivity index (χ1) is 11.6. The topological polar surface area (TPSA) is 29.1 Å². The van der Waals surface area contributed by atoms with Crippen LogP contribution in [-0.2, 0) is 0 Å². The molecule has 1 fully saturated rings. The van der Waals surface area contributed by atoms with Crippen molar-refractivity contribution in [2.24, 2.45) is 5.92 Å². The van der Waals surface area contributed by atoms with E-state index in [0.717, 1.165) is 30.7 Å². The van der Waals surface area contributed by atoms with Crippen LogP contribution in [0.2, 0.25) is 5.02 Å². The largest absolute Gasteiger partial charge is 0.311 e. The minimum atomic E-state index is -0.0223. The maximum atomic E-state index is 12.8. The van der Waals surface area contributed by atoms with Crippen molar-refractivity contribution >= 4 is 29.1 Å². The molecule has 0 aromatic heterocycles. The number of ketones is 1. The van der Waals surface area contributed by atoms with Crippen LogP contribution in [0.4, 0.5) is 0 Å². The highest BCUT2D eigenvalue weighted by Gasteiger charge is 2.35. The van der Waals surface area contributed by atoms with Crippen LogP contribution in [-0.4, -0.2) is 23.6 Å². The van der Waals surface area contributed by atoms with Gasteiger partial charge in [0, 0.05) is 32.7 Å². The van der Waals surface area contributed by atoms with Crippen LogP contribution in [0.25, 0.3) is 0 Å². The fraction of sp³-hybridized carbons (Fsp3) is 0.350. The zero-order valence-electron chi connectivity index (χ0n) is 13.8. The number of Topliss-reactive ketones (excluding diaryl/α,β-unsaturated/α-hetero) is 1. The molecule has 1 N–H and O–H groups in total. The molecule has 1 heterocycles. The first-order valence-corrected chi connectivity index (χ1v) is 9.65. The number of piperidine rings is 1. The molecule has 1 aliphatic heterocycles. The number of nitrogens with one attached hydrogen (secondary N) is 1. The molecule has 0 amide bonds. The lowest BCUT2D eigenvalue weighted by Crippen LogP contribution is -2.52. The smallest absolute Gasteiger partial charge is 0.166 e. The maximum Gasteiger partial charge on any atom is 0.166 e. The Morgan fingerprint density at radius 1 is 1.21 bits per heavy atom. The number of hydrogen-bond acceptors (Lipinski definition) is 3. The number of thioether (sulfide) groups is 1. The maximum absolute atomic E-state index is 12.8. The van der Waals surface area contributed by atoms with Gasteiger partial charge in [0.2, 0.25) is 0 Å². The average Bonchev–Trinajstić information content (AvgIpc) is 2.61. The fourth-order valence-electron chi connectivity index (χ4n) is 3.21. The summed E-state index contributed by atoms with van der Waals surface area (Å²) in [5.74, 6) is 1.28. The normalized spacial score (nSPS) is 23.8. The number of halogens is 1. The van der Waals surface area contributed by atoms with E-state index in [2.05, 4.69) is 36.5 Å². The van der Waals surface area contributed by atoms with Gasteiger partial charge in [0.1, 0.15) is 0 Å². The molecule has 2 nitrogen and oxygen atoms in total. The Bertz CT molecular complexity index is 689. The van der Waals surface area contributed by atoms with E-state index in [1.165, 1.54) is 4.90 Å². The van der Waals surface area contributed by atoms with Crippen LogP contribution < -0.4 is 5.32 Å². The summed E-state index contributed by atoms with van der Waals surface area (Å²) in [4.78, 5) is 14.1. The Hall–Kier alpha value is -1.29. The van der Waals surface area contributed by atoms with Gasteiger partial charge >= 0.3 is 0 Å². The summed E-state index contributed by atoms with van der Waals surface area (Å²) in [6, 6.07) is 17.7. The standard InChI is InChI=1S/C20H22ClNOS/c1-20(14-24-18-5-3-2-4-6-18)13-16(11-12-22-20)19(23)15-7-9-17(21)10-8-15/h2-10,16,22H,11-14H2,1H3. The van der Waals surface area contributed by atoms with Gasteiger partial charge in [0.25, 0.3) is 0 Å². The summed E-state index contributed by atoms with van der Waals surface area (Å²) in [6.45, 7) is 3.11. The third-order valence-electron chi connectivity index (χ3n) is 4.54. The Balaban J connectivity index is 1.64. The van der Waals surface area contributed by atoms with E-state index >= 15 is 0 Å². The molecular weight excluding hydrogens is 338 g/mol. The molecule has 1 aliphatic rings. The van der Waals surface area contributed by atoms with E-state index < -0.39 is 0 Å². The first kappa shape index (κ1) is 17.5. The van der Waals surface area contributed by atoms with Gasteiger partial charge in [-0.2, -0.15) is 0 Å². The lowest BCUT2D eigenvalue weighted by Gasteiger charge is -2.38. The van der Waals surface area contributed by atoms with Gasteiger partial charge in [-0.3, -0.25) is 4.79 Å². The molecule has 2 atom stereocenters. The molecule has 126 valence electrons. The van der Waals surface area contributed by atoms with E-state index in [1.807, 2.05) is 30.0 Å². The van der Waals surface area contributed by atoms with E-state index in [1.54, 1.807) is 12.1 Å². The van der Waals surface area contributed by atoms with Gasteiger partial charge in [-0.1, -0.05) is 29.8 Å². The second kappa shape index (κ2) is 7.73. The van der Waals surface area contributed by atoms with E-state index in [-0.39, 0.29) is 17.2 Å². The molecular formula is C20H22ClNOS. The van der Waals surface area contributed by atoms with Crippen molar-refractivity contribution in [1.82, 2.24) is 5.32 Å². The van der Waals surface area contributed by atoms with Crippen LogP contribution in [0.3, 0.4) is 0 Å². The van der Waals surface area contributed by atoms with Crippen molar-refractivity contribution in [3.8, 4) is 0 Å². The van der Waals surface area contributed by atoms with Crippen molar-refractivity contribution in [3.05, 3.63) is 65.2 Å². The first-order valence-electron chi connectivity index (χ1n) is 8.28. The highest BCUT2D eigenvalue weighted by molar-refractivity contribution is 7.99. The molecule has 2 aromatic carbocycles. The molecule has 0 spiro atoms. The zero-order valence-corrected chi connectivity index (χ0v) is 15.4. The van der Waals surface area contributed by atoms with Crippen molar-refractivity contribution in [2.45, 2.75) is 30.2 Å². The lowest BCUT2D eigenvalue weighted by molar-refractivity contribution is 0.0853. The minimum Gasteiger partial charge on any atom is -0.311 e. The van der Waals surface area contributed by atoms with Gasteiger partial charge in [-0.25, -0.2) is 0 Å². The van der Waals surface area contributed by atoms with E-state index in [9.17, 15) is 4.79 Å². The van der Waals surface area contributed by atoms with E-state index in [0.29, 0.717) is 5.02 Å². The molecule has 0 aliphatic carbocycles. The van der Waals surface area contributed by atoms with Crippen LogP contribution in [0, 0.1) is 5.92 Å². The zero-order chi connectivity index (χ0) is 17.0. The molecule has 0 bridgehead atoms. The Morgan fingerprint density at radius 2 is 1.92 bits per heavy atom. The number of hydrogen-bond donors (Lipinski definition) is 1. The number of carbonyl (C=O) groups is 1. The predicted molar refractivity (Wildman–Crippen MR) is 102 cm³/mol. The van der Waals surface area contributed by atoms with Gasteiger partial charge in [-0.05, 0) is 62.7 Å². The average molecular weight is 360 g/mol. The fourth-order valence-corrected chi connectivity index (χ4v) is 4.39. The summed E-state index contributed by atoms with van der Waals surface area (Å²) in [7, 11) is 0. The number of rotatable bonds is 5. The van der Waals surface area contributed by atoms with E-state index in [4.69, 9.17) is 11.6 Å². The number of carbonyl (C=O) groups excluding carboxylic acids is 1. The van der Waals surface area contributed by atoms with Crippen LogP contribution in [0.15, 0.2) is 59.5 Å². The second-order valence-electron chi connectivity index (χ2n) is 6.65. The molecule has 3 rings (SSSR count). The molecule has 0 saturated carbocycles. The van der Waals surface area contributed by atoms with Crippen molar-refractivity contribution < 1.29 is 4.79 Å². The van der Waals surface area contributed by atoms with Gasteiger partial charge in [0.05, 0.1) is 0 Å². The Kier molecular flexibility index (Phi) is 5.65. The minimum absolute atomic E-state index is 0.0223. The lowest BCUT2D eigenvalue weighted by atomic mass is 9.80. The molecule has 1 saturated heterocycles. The summed E-state index contributed by atoms with van der Waals surface area (Å²) in [6.07, 6.45) is 1.77. The van der Waals surface area contributed by atoms with Crippen molar-refractivity contribution in [2.75, 3.05) is 12.3 Å². The highest BCUT2D eigenvalue weighted by atomic mass is 35.5. The Morgan fingerprint density at radius 3 is 2.62 bits per heavy atom. The van der Waals surface area contributed by atoms with Crippen molar-refractivity contribution in [1.29, 1.82) is 0 Å². The summed E-state index contributed by atoms with van der Waals surface area (Å²) < 4.78 is 0. The van der Waals surface area contributed by atoms with Gasteiger partial charge in [0.15, 0.2) is 5.78 Å². The van der Waals surface area contributed by atoms with Gasteiger partial charge in [-0.15, -0.1) is 11.8 Å². The summed E-state index contributed by atoms with van der Waals surface area (Å²) in [5, 5.41) is 4.28. The molecule has 4 heteroatoms. The molecule has 2 aromatic rings.